The van der Waals surface area contributed by atoms with Crippen molar-refractivity contribution >= 4 is 5.91 Å². The van der Waals surface area contributed by atoms with Crippen LogP contribution < -0.4 is 0 Å². The minimum absolute atomic E-state index is 0.0299. The van der Waals surface area contributed by atoms with E-state index in [0.29, 0.717) is 19.8 Å². The van der Waals surface area contributed by atoms with E-state index < -0.39 is 0 Å². The van der Waals surface area contributed by atoms with Gasteiger partial charge < -0.3 is 14.4 Å². The molecule has 20 heavy (non-hydrogen) atoms. The molecule has 0 unspecified atom stereocenters. The van der Waals surface area contributed by atoms with Gasteiger partial charge in [-0.2, -0.15) is 0 Å². The third-order valence-corrected chi connectivity index (χ3v) is 4.09. The molecule has 2 aliphatic heterocycles. The molecule has 1 aromatic rings. The highest BCUT2D eigenvalue weighted by Gasteiger charge is 2.35. The quantitative estimate of drug-likeness (QED) is 0.830. The molecule has 0 spiro atoms. The molecule has 2 saturated heterocycles. The third kappa shape index (κ3) is 2.72. The first kappa shape index (κ1) is 13.6. The Morgan fingerprint density at radius 2 is 2.05 bits per heavy atom. The first-order valence-corrected chi connectivity index (χ1v) is 7.34. The number of hydrogen-bond donors (Lipinski definition) is 0. The van der Waals surface area contributed by atoms with Crippen LogP contribution in [0.25, 0.3) is 0 Å². The molecule has 1 aromatic carbocycles. The van der Waals surface area contributed by atoms with Gasteiger partial charge in [0.15, 0.2) is 0 Å². The van der Waals surface area contributed by atoms with Crippen LogP contribution in [0.15, 0.2) is 30.3 Å². The Bertz CT molecular complexity index is 456. The molecule has 0 bridgehead atoms. The molecule has 108 valence electrons. The Morgan fingerprint density at radius 1 is 1.25 bits per heavy atom. The molecule has 0 aliphatic carbocycles. The van der Waals surface area contributed by atoms with Crippen LogP contribution in [0.2, 0.25) is 0 Å². The molecule has 4 heteroatoms. The summed E-state index contributed by atoms with van der Waals surface area (Å²) in [6.07, 6.45) is 1.56. The monoisotopic (exact) mass is 275 g/mol. The summed E-state index contributed by atoms with van der Waals surface area (Å²) in [6, 6.07) is 10.2. The predicted molar refractivity (Wildman–Crippen MR) is 75.3 cm³/mol. The van der Waals surface area contributed by atoms with Gasteiger partial charge in [0.2, 0.25) is 0 Å². The highest BCUT2D eigenvalue weighted by molar-refractivity contribution is 5.81. The topological polar surface area (TPSA) is 38.8 Å². The molecule has 0 saturated carbocycles. The number of nitrogens with zero attached hydrogens (tertiary/aromatic N) is 1. The number of rotatable bonds is 2. The summed E-state index contributed by atoms with van der Waals surface area (Å²) < 4.78 is 11.4. The normalized spacial score (nSPS) is 30.4. The molecular formula is C16H21NO3. The molecule has 1 amide bonds. The summed E-state index contributed by atoms with van der Waals surface area (Å²) in [7, 11) is 0. The Labute approximate surface area is 119 Å². The minimum atomic E-state index is -0.244. The van der Waals surface area contributed by atoms with E-state index in [9.17, 15) is 4.79 Å². The van der Waals surface area contributed by atoms with Crippen LogP contribution in [0.4, 0.5) is 0 Å². The average molecular weight is 275 g/mol. The van der Waals surface area contributed by atoms with Crippen LogP contribution >= 0.6 is 0 Å². The lowest BCUT2D eigenvalue weighted by Gasteiger charge is -2.39. The van der Waals surface area contributed by atoms with Crippen molar-refractivity contribution in [2.45, 2.75) is 38.0 Å². The van der Waals surface area contributed by atoms with E-state index in [2.05, 4.69) is 12.1 Å². The third-order valence-electron chi connectivity index (χ3n) is 4.09. The summed E-state index contributed by atoms with van der Waals surface area (Å²) in [4.78, 5) is 14.5. The Kier molecular flexibility index (Phi) is 4.03. The van der Waals surface area contributed by atoms with Crippen molar-refractivity contribution in [2.24, 2.45) is 0 Å². The van der Waals surface area contributed by atoms with Gasteiger partial charge in [-0.15, -0.1) is 0 Å². The highest BCUT2D eigenvalue weighted by Crippen LogP contribution is 2.26. The van der Waals surface area contributed by atoms with Crippen molar-refractivity contribution in [3.63, 3.8) is 0 Å². The van der Waals surface area contributed by atoms with Gasteiger partial charge in [0.1, 0.15) is 12.2 Å². The molecular weight excluding hydrogens is 254 g/mol. The van der Waals surface area contributed by atoms with Crippen molar-refractivity contribution in [3.05, 3.63) is 35.9 Å². The van der Waals surface area contributed by atoms with Crippen LogP contribution in [-0.2, 0) is 14.3 Å². The van der Waals surface area contributed by atoms with Gasteiger partial charge >= 0.3 is 0 Å². The second-order valence-corrected chi connectivity index (χ2v) is 5.57. The van der Waals surface area contributed by atoms with Crippen LogP contribution in [0.5, 0.6) is 0 Å². The van der Waals surface area contributed by atoms with Crippen molar-refractivity contribution in [1.29, 1.82) is 0 Å². The molecule has 0 aromatic heterocycles. The van der Waals surface area contributed by atoms with Gasteiger partial charge in [0, 0.05) is 6.61 Å². The second-order valence-electron chi connectivity index (χ2n) is 5.57. The van der Waals surface area contributed by atoms with E-state index >= 15 is 0 Å². The zero-order chi connectivity index (χ0) is 13.9. The Balaban J connectivity index is 1.71. The van der Waals surface area contributed by atoms with Gasteiger partial charge in [-0.1, -0.05) is 30.3 Å². The predicted octanol–water partition coefficient (Wildman–Crippen LogP) is 2.15. The van der Waals surface area contributed by atoms with Crippen LogP contribution in [0, 0.1) is 0 Å². The van der Waals surface area contributed by atoms with Gasteiger partial charge in [-0.3, -0.25) is 4.79 Å². The summed E-state index contributed by atoms with van der Waals surface area (Å²) in [6.45, 7) is 3.94. The first-order chi connectivity index (χ1) is 9.75. The number of morpholine rings is 1. The van der Waals surface area contributed by atoms with Gasteiger partial charge in [0.05, 0.1) is 19.2 Å². The molecule has 0 N–H and O–H groups in total. The molecule has 3 atom stereocenters. The number of benzene rings is 1. The molecule has 2 aliphatic rings. The average Bonchev–Trinajstić information content (AvgIpc) is 3.02. The molecule has 2 heterocycles. The van der Waals surface area contributed by atoms with Crippen LogP contribution in [0.3, 0.4) is 0 Å². The fourth-order valence-electron chi connectivity index (χ4n) is 2.89. The number of carbonyl (C=O) groups is 1. The summed E-state index contributed by atoms with van der Waals surface area (Å²) in [5.74, 6) is 0.124. The van der Waals surface area contributed by atoms with E-state index in [1.165, 1.54) is 0 Å². The summed E-state index contributed by atoms with van der Waals surface area (Å²) in [5.41, 5.74) is 1.13. The summed E-state index contributed by atoms with van der Waals surface area (Å²) in [5, 5.41) is 0. The van der Waals surface area contributed by atoms with Gasteiger partial charge in [0.25, 0.3) is 5.91 Å². The largest absolute Gasteiger partial charge is 0.370 e. The Hall–Kier alpha value is -1.39. The number of ether oxygens (including phenoxy) is 2. The van der Waals surface area contributed by atoms with E-state index in [1.54, 1.807) is 0 Å². The maximum atomic E-state index is 12.5. The van der Waals surface area contributed by atoms with E-state index in [4.69, 9.17) is 9.47 Å². The standard InChI is InChI=1S/C16H21NO3/c1-12-11-20-15(13-6-3-2-4-7-13)10-17(12)16(18)14-8-5-9-19-14/h2-4,6-7,12,14-15H,5,8-11H2,1H3/t12-,14-,15+/m1/s1. The molecule has 0 radical (unpaired) electrons. The van der Waals surface area contributed by atoms with Gasteiger partial charge in [-0.05, 0) is 25.3 Å². The summed E-state index contributed by atoms with van der Waals surface area (Å²) >= 11 is 0. The van der Waals surface area contributed by atoms with E-state index in [-0.39, 0.29) is 24.2 Å². The van der Waals surface area contributed by atoms with Crippen LogP contribution in [0.1, 0.15) is 31.4 Å². The molecule has 4 nitrogen and oxygen atoms in total. The molecule has 3 rings (SSSR count). The number of hydrogen-bond acceptors (Lipinski definition) is 3. The maximum Gasteiger partial charge on any atom is 0.252 e. The number of carbonyl (C=O) groups excluding carboxylic acids is 1. The molecule has 2 fully saturated rings. The van der Waals surface area contributed by atoms with Crippen molar-refractivity contribution in [1.82, 2.24) is 4.90 Å². The van der Waals surface area contributed by atoms with Crippen molar-refractivity contribution in [3.8, 4) is 0 Å². The van der Waals surface area contributed by atoms with Crippen molar-refractivity contribution < 1.29 is 14.3 Å². The van der Waals surface area contributed by atoms with E-state index in [1.807, 2.05) is 30.0 Å². The lowest BCUT2D eigenvalue weighted by Crippen LogP contribution is -2.51. The van der Waals surface area contributed by atoms with Gasteiger partial charge in [-0.25, -0.2) is 0 Å². The lowest BCUT2D eigenvalue weighted by molar-refractivity contribution is -0.154. The first-order valence-electron chi connectivity index (χ1n) is 7.34. The fourth-order valence-corrected chi connectivity index (χ4v) is 2.89. The Morgan fingerprint density at radius 3 is 2.75 bits per heavy atom. The van der Waals surface area contributed by atoms with Crippen LogP contribution in [-0.4, -0.2) is 42.7 Å². The SMILES string of the molecule is C[C@@H]1CO[C@H](c2ccccc2)CN1C(=O)[C@H]1CCCO1. The van der Waals surface area contributed by atoms with E-state index in [0.717, 1.165) is 18.4 Å². The second kappa shape index (κ2) is 5.94. The fraction of sp³-hybridized carbons (Fsp3) is 0.562. The maximum absolute atomic E-state index is 12.5. The zero-order valence-corrected chi connectivity index (χ0v) is 11.8. The van der Waals surface area contributed by atoms with Crippen molar-refractivity contribution in [2.75, 3.05) is 19.8 Å². The lowest BCUT2D eigenvalue weighted by atomic mass is 10.1. The smallest absolute Gasteiger partial charge is 0.252 e. The minimum Gasteiger partial charge on any atom is -0.370 e. The highest BCUT2D eigenvalue weighted by atomic mass is 16.5. The zero-order valence-electron chi connectivity index (χ0n) is 11.8. The number of amides is 1.